The summed E-state index contributed by atoms with van der Waals surface area (Å²) in [6, 6.07) is 5.35. The zero-order chi connectivity index (χ0) is 27.9. The second-order valence-electron chi connectivity index (χ2n) is 11.2. The van der Waals surface area contributed by atoms with Crippen molar-refractivity contribution in [3.63, 3.8) is 0 Å². The molecule has 4 N–H and O–H groups in total. The fourth-order valence-corrected chi connectivity index (χ4v) is 4.99. The number of benzene rings is 1. The summed E-state index contributed by atoms with van der Waals surface area (Å²) in [6.45, 7) is 6.36. The Morgan fingerprint density at radius 1 is 1.13 bits per heavy atom. The molecular weight excluding hydrogens is 488 g/mol. The summed E-state index contributed by atoms with van der Waals surface area (Å²) in [7, 11) is 0. The van der Waals surface area contributed by atoms with E-state index in [9.17, 15) is 24.0 Å². The summed E-state index contributed by atoms with van der Waals surface area (Å²) in [5, 5.41) is 5.34. The lowest BCUT2D eigenvalue weighted by Gasteiger charge is -2.28. The molecule has 0 bridgehead atoms. The highest BCUT2D eigenvalue weighted by molar-refractivity contribution is 6.02. The second kappa shape index (κ2) is 13.0. The Kier molecular flexibility index (Phi) is 10.0. The Hall–Kier alpha value is -3.27. The summed E-state index contributed by atoms with van der Waals surface area (Å²) in [4.78, 5) is 63.0. The minimum Gasteiger partial charge on any atom is -0.444 e. The number of imide groups is 1. The molecule has 1 heterocycles. The maximum absolute atomic E-state index is 12.9. The van der Waals surface area contributed by atoms with Gasteiger partial charge in [-0.25, -0.2) is 4.79 Å². The van der Waals surface area contributed by atoms with Gasteiger partial charge in [0.25, 0.3) is 0 Å². The van der Waals surface area contributed by atoms with E-state index in [4.69, 9.17) is 10.5 Å². The molecule has 3 rings (SSSR count). The van der Waals surface area contributed by atoms with E-state index in [1.165, 1.54) is 4.90 Å². The van der Waals surface area contributed by atoms with Crippen LogP contribution in [0.4, 0.5) is 10.5 Å². The molecule has 0 radical (unpaired) electrons. The van der Waals surface area contributed by atoms with Gasteiger partial charge in [0.05, 0.1) is 0 Å². The average Bonchev–Trinajstić information content (AvgIpc) is 2.82. The average molecular weight is 529 g/mol. The van der Waals surface area contributed by atoms with Crippen LogP contribution in [-0.4, -0.2) is 59.7 Å². The lowest BCUT2D eigenvalue weighted by molar-refractivity contribution is -0.136. The Bertz CT molecular complexity index is 1060. The summed E-state index contributed by atoms with van der Waals surface area (Å²) in [5.41, 5.74) is 7.09. The minimum absolute atomic E-state index is 0.0328. The molecule has 1 saturated heterocycles. The molecule has 0 aromatic heterocycles. The number of carbonyl (C=O) groups is 5. The summed E-state index contributed by atoms with van der Waals surface area (Å²) in [6.07, 6.45) is 3.42. The smallest absolute Gasteiger partial charge is 0.410 e. The number of ketones is 1. The Morgan fingerprint density at radius 3 is 2.58 bits per heavy atom. The molecule has 2 unspecified atom stereocenters. The van der Waals surface area contributed by atoms with Crippen molar-refractivity contribution < 1.29 is 28.7 Å². The van der Waals surface area contributed by atoms with E-state index in [-0.39, 0.29) is 41.8 Å². The first-order valence-corrected chi connectivity index (χ1v) is 13.4. The number of rotatable bonds is 10. The molecule has 1 fully saturated rings. The van der Waals surface area contributed by atoms with Crippen molar-refractivity contribution in [3.8, 4) is 0 Å². The van der Waals surface area contributed by atoms with E-state index < -0.39 is 11.7 Å². The molecule has 10 heteroatoms. The first-order valence-electron chi connectivity index (χ1n) is 13.4. The van der Waals surface area contributed by atoms with Gasteiger partial charge < -0.3 is 20.7 Å². The third kappa shape index (κ3) is 8.37. The van der Waals surface area contributed by atoms with E-state index in [1.54, 1.807) is 39.0 Å². The molecule has 38 heavy (non-hydrogen) atoms. The number of fused-ring (bicyclic) bond motifs is 1. The number of ether oxygens (including phenoxy) is 1. The van der Waals surface area contributed by atoms with Gasteiger partial charge in [0.15, 0.2) is 5.78 Å². The number of carbonyl (C=O) groups excluding carboxylic acids is 5. The SMILES string of the molecule is CC(C)(C)OC(=O)N(CCN)CCCC(=O)Nc1cccc2c1CC(CCC1CCC(=O)NC1=O)CC2=O. The first-order chi connectivity index (χ1) is 18.0. The van der Waals surface area contributed by atoms with Crippen LogP contribution in [-0.2, 0) is 25.5 Å². The van der Waals surface area contributed by atoms with Crippen LogP contribution in [0.2, 0.25) is 0 Å². The molecule has 10 nitrogen and oxygen atoms in total. The minimum atomic E-state index is -0.620. The predicted octanol–water partition coefficient (Wildman–Crippen LogP) is 3.18. The number of hydrogen-bond donors (Lipinski definition) is 3. The monoisotopic (exact) mass is 528 g/mol. The molecule has 2 aliphatic rings. The fraction of sp³-hybridized carbons (Fsp3) is 0.607. The summed E-state index contributed by atoms with van der Waals surface area (Å²) < 4.78 is 5.42. The van der Waals surface area contributed by atoms with Crippen molar-refractivity contribution >= 4 is 35.3 Å². The van der Waals surface area contributed by atoms with Gasteiger partial charge in [-0.05, 0) is 70.4 Å². The quantitative estimate of drug-likeness (QED) is 0.395. The molecule has 0 saturated carbocycles. The Morgan fingerprint density at radius 2 is 1.89 bits per heavy atom. The van der Waals surface area contributed by atoms with Gasteiger partial charge in [-0.3, -0.25) is 24.5 Å². The highest BCUT2D eigenvalue weighted by Gasteiger charge is 2.31. The molecule has 1 aliphatic heterocycles. The zero-order valence-corrected chi connectivity index (χ0v) is 22.6. The van der Waals surface area contributed by atoms with Crippen LogP contribution in [0.25, 0.3) is 0 Å². The van der Waals surface area contributed by atoms with Crippen LogP contribution in [0.5, 0.6) is 0 Å². The van der Waals surface area contributed by atoms with Gasteiger partial charge in [-0.2, -0.15) is 0 Å². The third-order valence-electron chi connectivity index (χ3n) is 6.88. The second-order valence-corrected chi connectivity index (χ2v) is 11.2. The lowest BCUT2D eigenvalue weighted by atomic mass is 9.78. The number of nitrogens with zero attached hydrogens (tertiary/aromatic N) is 1. The van der Waals surface area contributed by atoms with Crippen molar-refractivity contribution in [1.82, 2.24) is 10.2 Å². The molecule has 1 aliphatic carbocycles. The number of amides is 4. The van der Waals surface area contributed by atoms with Crippen molar-refractivity contribution in [2.24, 2.45) is 17.6 Å². The first kappa shape index (κ1) is 29.3. The normalized spacial score (nSPS) is 19.4. The molecule has 1 aromatic rings. The summed E-state index contributed by atoms with van der Waals surface area (Å²) in [5.74, 6) is -0.770. The van der Waals surface area contributed by atoms with Gasteiger partial charge in [0, 0.05) is 56.1 Å². The third-order valence-corrected chi connectivity index (χ3v) is 6.88. The number of nitrogens with one attached hydrogen (secondary N) is 2. The van der Waals surface area contributed by atoms with Crippen molar-refractivity contribution in [2.45, 2.75) is 77.7 Å². The van der Waals surface area contributed by atoms with E-state index in [0.717, 1.165) is 5.56 Å². The van der Waals surface area contributed by atoms with E-state index in [0.29, 0.717) is 75.8 Å². The maximum atomic E-state index is 12.9. The van der Waals surface area contributed by atoms with Crippen LogP contribution in [0.1, 0.15) is 81.6 Å². The van der Waals surface area contributed by atoms with Gasteiger partial charge >= 0.3 is 6.09 Å². The highest BCUT2D eigenvalue weighted by atomic mass is 16.6. The number of piperidine rings is 1. The summed E-state index contributed by atoms with van der Waals surface area (Å²) >= 11 is 0. The van der Waals surface area contributed by atoms with Crippen LogP contribution >= 0.6 is 0 Å². The van der Waals surface area contributed by atoms with Crippen LogP contribution in [0, 0.1) is 11.8 Å². The number of nitrogens with two attached hydrogens (primary N) is 1. The molecule has 208 valence electrons. The van der Waals surface area contributed by atoms with E-state index in [2.05, 4.69) is 10.6 Å². The van der Waals surface area contributed by atoms with Gasteiger partial charge in [-0.1, -0.05) is 12.1 Å². The van der Waals surface area contributed by atoms with Gasteiger partial charge in [-0.15, -0.1) is 0 Å². The Labute approximate surface area is 224 Å². The van der Waals surface area contributed by atoms with Gasteiger partial charge in [0.1, 0.15) is 5.60 Å². The van der Waals surface area contributed by atoms with Gasteiger partial charge in [0.2, 0.25) is 17.7 Å². The molecular formula is C28H40N4O6. The topological polar surface area (TPSA) is 148 Å². The Balaban J connectivity index is 1.56. The fourth-order valence-electron chi connectivity index (χ4n) is 4.99. The molecule has 2 atom stereocenters. The van der Waals surface area contributed by atoms with Crippen LogP contribution in [0.3, 0.4) is 0 Å². The molecule has 0 spiro atoms. The van der Waals surface area contributed by atoms with Crippen molar-refractivity contribution in [3.05, 3.63) is 29.3 Å². The number of hydrogen-bond acceptors (Lipinski definition) is 7. The standard InChI is InChI=1S/C28H40N4O6/c1-28(2,3)38-27(37)32(15-13-29)14-5-8-24(34)30-22-7-4-6-20-21(22)16-18(17-23(20)33)9-10-19-11-12-25(35)31-26(19)36/h4,6-7,18-19H,5,8-17,29H2,1-3H3,(H,30,34)(H,31,35,36). The van der Waals surface area contributed by atoms with E-state index in [1.807, 2.05) is 0 Å². The largest absolute Gasteiger partial charge is 0.444 e. The van der Waals surface area contributed by atoms with Crippen molar-refractivity contribution in [2.75, 3.05) is 25.0 Å². The number of Topliss-reactive ketones (excluding diaryl/α,β-unsaturated/α-hetero) is 1. The molecule has 1 aromatic carbocycles. The molecule has 4 amide bonds. The number of anilines is 1. The highest BCUT2D eigenvalue weighted by Crippen LogP contribution is 2.34. The van der Waals surface area contributed by atoms with E-state index >= 15 is 0 Å². The zero-order valence-electron chi connectivity index (χ0n) is 22.6. The predicted molar refractivity (Wildman–Crippen MR) is 142 cm³/mol. The maximum Gasteiger partial charge on any atom is 0.410 e. The lowest BCUT2D eigenvalue weighted by Crippen LogP contribution is -2.40. The van der Waals surface area contributed by atoms with Crippen LogP contribution < -0.4 is 16.4 Å². The van der Waals surface area contributed by atoms with Crippen molar-refractivity contribution in [1.29, 1.82) is 0 Å². The van der Waals surface area contributed by atoms with Crippen LogP contribution in [0.15, 0.2) is 18.2 Å².